The molecule has 0 saturated heterocycles. The molecule has 28 heavy (non-hydrogen) atoms. The SMILES string of the molecule is O=c1nc(-c2ccccc2)c2ccccc2n1CN1CCc2ccccc2C1. The van der Waals surface area contributed by atoms with Crippen molar-refractivity contribution in [3.8, 4) is 11.3 Å². The minimum Gasteiger partial charge on any atom is -0.281 e. The van der Waals surface area contributed by atoms with E-state index in [-0.39, 0.29) is 5.69 Å². The Kier molecular flexibility index (Phi) is 4.26. The quantitative estimate of drug-likeness (QED) is 0.548. The number of hydrogen-bond donors (Lipinski definition) is 0. The van der Waals surface area contributed by atoms with E-state index in [1.807, 2.05) is 54.6 Å². The van der Waals surface area contributed by atoms with Crippen LogP contribution in [0, 0.1) is 0 Å². The van der Waals surface area contributed by atoms with Crippen molar-refractivity contribution in [2.75, 3.05) is 6.54 Å². The summed E-state index contributed by atoms with van der Waals surface area (Å²) in [4.78, 5) is 19.8. The molecule has 138 valence electrons. The van der Waals surface area contributed by atoms with Crippen LogP contribution in [0.15, 0.2) is 83.7 Å². The van der Waals surface area contributed by atoms with Gasteiger partial charge in [-0.15, -0.1) is 0 Å². The fourth-order valence-corrected chi connectivity index (χ4v) is 4.06. The highest BCUT2D eigenvalue weighted by molar-refractivity contribution is 5.92. The van der Waals surface area contributed by atoms with E-state index in [0.29, 0.717) is 6.67 Å². The third kappa shape index (κ3) is 3.02. The van der Waals surface area contributed by atoms with Crippen LogP contribution in [0.5, 0.6) is 0 Å². The number of para-hydroxylation sites is 1. The van der Waals surface area contributed by atoms with Gasteiger partial charge in [-0.05, 0) is 23.6 Å². The van der Waals surface area contributed by atoms with Gasteiger partial charge in [-0.3, -0.25) is 9.47 Å². The Morgan fingerprint density at radius 2 is 1.54 bits per heavy atom. The predicted octanol–water partition coefficient (Wildman–Crippen LogP) is 4.08. The lowest BCUT2D eigenvalue weighted by atomic mass is 10.0. The van der Waals surface area contributed by atoms with Crippen LogP contribution in [0.3, 0.4) is 0 Å². The zero-order valence-electron chi connectivity index (χ0n) is 15.6. The van der Waals surface area contributed by atoms with Gasteiger partial charge in [0.25, 0.3) is 0 Å². The Balaban J connectivity index is 1.56. The molecule has 0 spiro atoms. The summed E-state index contributed by atoms with van der Waals surface area (Å²) in [7, 11) is 0. The van der Waals surface area contributed by atoms with Gasteiger partial charge in [-0.2, -0.15) is 4.98 Å². The smallest absolute Gasteiger partial charge is 0.281 e. The fourth-order valence-electron chi connectivity index (χ4n) is 4.06. The molecule has 0 atom stereocenters. The number of rotatable bonds is 3. The number of nitrogens with zero attached hydrogens (tertiary/aromatic N) is 3. The Bertz CT molecular complexity index is 1200. The molecule has 0 radical (unpaired) electrons. The summed E-state index contributed by atoms with van der Waals surface area (Å²) < 4.78 is 1.80. The number of benzene rings is 3. The zero-order valence-corrected chi connectivity index (χ0v) is 15.6. The molecule has 1 aliphatic heterocycles. The van der Waals surface area contributed by atoms with Crippen LogP contribution in [0.25, 0.3) is 22.2 Å². The van der Waals surface area contributed by atoms with Crippen molar-refractivity contribution >= 4 is 10.9 Å². The van der Waals surface area contributed by atoms with Crippen molar-refractivity contribution in [3.05, 3.63) is 100 Å². The number of hydrogen-bond acceptors (Lipinski definition) is 3. The average Bonchev–Trinajstić information content (AvgIpc) is 2.76. The first-order valence-electron chi connectivity index (χ1n) is 9.64. The Hall–Kier alpha value is -3.24. The van der Waals surface area contributed by atoms with Gasteiger partial charge in [0, 0.05) is 24.0 Å². The minimum absolute atomic E-state index is 0.198. The topological polar surface area (TPSA) is 38.1 Å². The van der Waals surface area contributed by atoms with Crippen molar-refractivity contribution in [1.82, 2.24) is 14.5 Å². The highest BCUT2D eigenvalue weighted by Gasteiger charge is 2.18. The van der Waals surface area contributed by atoms with E-state index in [0.717, 1.165) is 41.7 Å². The van der Waals surface area contributed by atoms with Gasteiger partial charge in [0.1, 0.15) is 0 Å². The highest BCUT2D eigenvalue weighted by Crippen LogP contribution is 2.26. The molecule has 0 fully saturated rings. The van der Waals surface area contributed by atoms with Gasteiger partial charge in [0.2, 0.25) is 0 Å². The lowest BCUT2D eigenvalue weighted by Crippen LogP contribution is -2.37. The molecule has 0 bridgehead atoms. The van der Waals surface area contributed by atoms with E-state index < -0.39 is 0 Å². The summed E-state index contributed by atoms with van der Waals surface area (Å²) in [5.74, 6) is 0. The summed E-state index contributed by atoms with van der Waals surface area (Å²) in [5, 5.41) is 1.01. The normalized spacial score (nSPS) is 14.1. The summed E-state index contributed by atoms with van der Waals surface area (Å²) in [6, 6.07) is 26.5. The monoisotopic (exact) mass is 367 g/mol. The largest absolute Gasteiger partial charge is 0.349 e. The summed E-state index contributed by atoms with van der Waals surface area (Å²) in [6.45, 7) is 2.35. The summed E-state index contributed by atoms with van der Waals surface area (Å²) >= 11 is 0. The van der Waals surface area contributed by atoms with E-state index in [4.69, 9.17) is 0 Å². The van der Waals surface area contributed by atoms with Gasteiger partial charge in [-0.1, -0.05) is 72.8 Å². The van der Waals surface area contributed by atoms with E-state index in [9.17, 15) is 4.79 Å². The fraction of sp³-hybridized carbons (Fsp3) is 0.167. The van der Waals surface area contributed by atoms with Crippen molar-refractivity contribution in [1.29, 1.82) is 0 Å². The van der Waals surface area contributed by atoms with Gasteiger partial charge in [-0.25, -0.2) is 4.79 Å². The van der Waals surface area contributed by atoms with Gasteiger partial charge in [0.15, 0.2) is 0 Å². The van der Waals surface area contributed by atoms with E-state index in [1.165, 1.54) is 11.1 Å². The third-order valence-electron chi connectivity index (χ3n) is 5.49. The molecule has 1 aromatic heterocycles. The molecule has 0 saturated carbocycles. The second-order valence-corrected chi connectivity index (χ2v) is 7.27. The molecular formula is C24H21N3O. The molecule has 5 rings (SSSR count). The maximum absolute atomic E-state index is 13.0. The Labute approximate surface area is 163 Å². The van der Waals surface area contributed by atoms with Crippen molar-refractivity contribution in [3.63, 3.8) is 0 Å². The third-order valence-corrected chi connectivity index (χ3v) is 5.49. The van der Waals surface area contributed by atoms with E-state index >= 15 is 0 Å². The van der Waals surface area contributed by atoms with E-state index in [2.05, 4.69) is 34.1 Å². The molecule has 0 amide bonds. The first kappa shape index (κ1) is 16.9. The van der Waals surface area contributed by atoms with Crippen LogP contribution in [-0.2, 0) is 19.6 Å². The molecule has 0 unspecified atom stereocenters. The zero-order chi connectivity index (χ0) is 18.9. The molecule has 4 aromatic rings. The minimum atomic E-state index is -0.198. The molecular weight excluding hydrogens is 346 g/mol. The summed E-state index contributed by atoms with van der Waals surface area (Å²) in [6.07, 6.45) is 1.01. The Morgan fingerprint density at radius 3 is 2.39 bits per heavy atom. The lowest BCUT2D eigenvalue weighted by Gasteiger charge is -2.29. The predicted molar refractivity (Wildman–Crippen MR) is 112 cm³/mol. The molecule has 2 heterocycles. The second kappa shape index (κ2) is 7.06. The van der Waals surface area contributed by atoms with Crippen LogP contribution >= 0.6 is 0 Å². The van der Waals surface area contributed by atoms with Crippen LogP contribution in [0.4, 0.5) is 0 Å². The van der Waals surface area contributed by atoms with Crippen molar-refractivity contribution < 1.29 is 0 Å². The van der Waals surface area contributed by atoms with Crippen molar-refractivity contribution in [2.24, 2.45) is 0 Å². The van der Waals surface area contributed by atoms with Crippen molar-refractivity contribution in [2.45, 2.75) is 19.6 Å². The molecule has 4 heteroatoms. The van der Waals surface area contributed by atoms with E-state index in [1.54, 1.807) is 4.57 Å². The number of fused-ring (bicyclic) bond motifs is 2. The standard InChI is InChI=1S/C24H21N3O/c28-24-25-23(19-9-2-1-3-10-19)21-12-6-7-13-22(21)27(24)17-26-15-14-18-8-4-5-11-20(18)16-26/h1-13H,14-17H2. The maximum Gasteiger partial charge on any atom is 0.349 e. The second-order valence-electron chi connectivity index (χ2n) is 7.27. The van der Waals surface area contributed by atoms with Gasteiger partial charge < -0.3 is 0 Å². The van der Waals surface area contributed by atoms with Crippen LogP contribution in [-0.4, -0.2) is 21.0 Å². The molecule has 4 nitrogen and oxygen atoms in total. The lowest BCUT2D eigenvalue weighted by molar-refractivity contribution is 0.199. The van der Waals surface area contributed by atoms with Gasteiger partial charge in [0.05, 0.1) is 17.9 Å². The first-order valence-corrected chi connectivity index (χ1v) is 9.64. The molecule has 3 aromatic carbocycles. The first-order chi connectivity index (χ1) is 13.8. The van der Waals surface area contributed by atoms with Crippen LogP contribution < -0.4 is 5.69 Å². The van der Waals surface area contributed by atoms with Gasteiger partial charge >= 0.3 is 5.69 Å². The molecule has 0 N–H and O–H groups in total. The van der Waals surface area contributed by atoms with Crippen LogP contribution in [0.2, 0.25) is 0 Å². The highest BCUT2D eigenvalue weighted by atomic mass is 16.1. The average molecular weight is 367 g/mol. The number of aromatic nitrogens is 2. The maximum atomic E-state index is 13.0. The van der Waals surface area contributed by atoms with Crippen LogP contribution in [0.1, 0.15) is 11.1 Å². The Morgan fingerprint density at radius 1 is 0.821 bits per heavy atom. The summed E-state index contributed by atoms with van der Waals surface area (Å²) in [5.41, 5.74) is 5.21. The molecule has 1 aliphatic rings. The molecule has 0 aliphatic carbocycles.